The van der Waals surface area contributed by atoms with Crippen LogP contribution in [-0.2, 0) is 0 Å². The van der Waals surface area contributed by atoms with Crippen LogP contribution in [0.2, 0.25) is 0 Å². The lowest BCUT2D eigenvalue weighted by molar-refractivity contribution is 0.170. The van der Waals surface area contributed by atoms with Crippen molar-refractivity contribution in [3.63, 3.8) is 0 Å². The summed E-state index contributed by atoms with van der Waals surface area (Å²) >= 11 is 0. The zero-order chi connectivity index (χ0) is 13.0. The minimum Gasteiger partial charge on any atom is -0.324 e. The highest BCUT2D eigenvalue weighted by Gasteiger charge is 2.19. The first-order valence-corrected chi connectivity index (χ1v) is 6.62. The molecule has 2 unspecified atom stereocenters. The van der Waals surface area contributed by atoms with E-state index in [0.717, 1.165) is 38.2 Å². The molecule has 1 aliphatic rings. The summed E-state index contributed by atoms with van der Waals surface area (Å²) < 4.78 is 13.1. The predicted molar refractivity (Wildman–Crippen MR) is 71.9 cm³/mol. The molecule has 1 heterocycles. The molecule has 1 aromatic rings. The number of nitrogens with zero attached hydrogens (tertiary/aromatic N) is 1. The summed E-state index contributed by atoms with van der Waals surface area (Å²) in [7, 11) is 0. The molecule has 1 aliphatic heterocycles. The highest BCUT2D eigenvalue weighted by molar-refractivity contribution is 5.19. The summed E-state index contributed by atoms with van der Waals surface area (Å²) in [4.78, 5) is 2.44. The smallest absolute Gasteiger partial charge is 0.123 e. The molecule has 1 aromatic carbocycles. The van der Waals surface area contributed by atoms with E-state index in [2.05, 4.69) is 17.1 Å². The fourth-order valence-corrected chi connectivity index (χ4v) is 2.51. The molecule has 4 heteroatoms. The van der Waals surface area contributed by atoms with Crippen LogP contribution in [-0.4, -0.2) is 37.1 Å². The lowest BCUT2D eigenvalue weighted by Gasteiger charge is -2.34. The quantitative estimate of drug-likeness (QED) is 0.852. The number of benzene rings is 1. The average Bonchev–Trinajstić information content (AvgIpc) is 2.39. The number of piperazine rings is 1. The van der Waals surface area contributed by atoms with Crippen molar-refractivity contribution in [3.8, 4) is 0 Å². The minimum absolute atomic E-state index is 0.0921. The zero-order valence-corrected chi connectivity index (χ0v) is 10.9. The maximum atomic E-state index is 13.1. The number of halogens is 1. The Kier molecular flexibility index (Phi) is 4.69. The molecule has 3 nitrogen and oxygen atoms in total. The summed E-state index contributed by atoms with van der Waals surface area (Å²) in [6.07, 6.45) is 0.865. The fraction of sp³-hybridized carbons (Fsp3) is 0.571. The summed E-state index contributed by atoms with van der Waals surface area (Å²) in [6.45, 7) is 6.41. The van der Waals surface area contributed by atoms with E-state index in [1.807, 2.05) is 6.07 Å². The van der Waals surface area contributed by atoms with Gasteiger partial charge < -0.3 is 11.1 Å². The Morgan fingerprint density at radius 1 is 1.39 bits per heavy atom. The Labute approximate surface area is 108 Å². The molecule has 0 saturated carbocycles. The molecule has 2 rings (SSSR count). The number of nitrogens with two attached hydrogens (primary N) is 1. The number of hydrogen-bond donors (Lipinski definition) is 2. The summed E-state index contributed by atoms with van der Waals surface area (Å²) in [5.74, 6) is -0.210. The Hall–Kier alpha value is -0.970. The molecule has 0 bridgehead atoms. The third-order valence-corrected chi connectivity index (χ3v) is 3.65. The average molecular weight is 251 g/mol. The molecule has 100 valence electrons. The van der Waals surface area contributed by atoms with Gasteiger partial charge in [0, 0.05) is 38.3 Å². The van der Waals surface area contributed by atoms with Crippen LogP contribution in [0, 0.1) is 5.82 Å². The van der Waals surface area contributed by atoms with Crippen LogP contribution in [0.1, 0.15) is 24.9 Å². The zero-order valence-electron chi connectivity index (χ0n) is 10.9. The number of nitrogens with one attached hydrogen (secondary N) is 1. The molecular weight excluding hydrogens is 229 g/mol. The molecule has 0 radical (unpaired) electrons. The van der Waals surface area contributed by atoms with Crippen molar-refractivity contribution in [2.75, 3.05) is 26.2 Å². The molecule has 0 aliphatic carbocycles. The van der Waals surface area contributed by atoms with Crippen molar-refractivity contribution in [1.82, 2.24) is 10.2 Å². The van der Waals surface area contributed by atoms with Gasteiger partial charge in [-0.05, 0) is 31.0 Å². The molecule has 18 heavy (non-hydrogen) atoms. The summed E-state index contributed by atoms with van der Waals surface area (Å²) in [5, 5.41) is 3.34. The van der Waals surface area contributed by atoms with Gasteiger partial charge in [0.05, 0.1) is 0 Å². The summed E-state index contributed by atoms with van der Waals surface area (Å²) in [6, 6.07) is 6.96. The topological polar surface area (TPSA) is 41.3 Å². The molecule has 1 saturated heterocycles. The normalized spacial score (nSPS) is 20.6. The molecule has 0 spiro atoms. The second-order valence-electron chi connectivity index (χ2n) is 5.03. The minimum atomic E-state index is -0.210. The predicted octanol–water partition coefficient (Wildman–Crippen LogP) is 1.51. The lowest BCUT2D eigenvalue weighted by atomic mass is 9.99. The van der Waals surface area contributed by atoms with Crippen LogP contribution in [0.4, 0.5) is 4.39 Å². The van der Waals surface area contributed by atoms with Crippen molar-refractivity contribution < 1.29 is 4.39 Å². The van der Waals surface area contributed by atoms with Crippen molar-refractivity contribution in [1.29, 1.82) is 0 Å². The standard InChI is InChI=1S/C14H22FN3/c1-11(18-7-5-17-6-8-18)9-14(16)12-3-2-4-13(15)10-12/h2-4,10-11,14,17H,5-9,16H2,1H3. The van der Waals surface area contributed by atoms with E-state index in [0.29, 0.717) is 6.04 Å². The molecule has 2 atom stereocenters. The van der Waals surface area contributed by atoms with Gasteiger partial charge in [0.15, 0.2) is 0 Å². The highest BCUT2D eigenvalue weighted by Crippen LogP contribution is 2.19. The van der Waals surface area contributed by atoms with Gasteiger partial charge in [-0.15, -0.1) is 0 Å². The van der Waals surface area contributed by atoms with E-state index in [9.17, 15) is 4.39 Å². The van der Waals surface area contributed by atoms with E-state index in [4.69, 9.17) is 5.73 Å². The maximum absolute atomic E-state index is 13.1. The van der Waals surface area contributed by atoms with Crippen LogP contribution < -0.4 is 11.1 Å². The number of rotatable bonds is 4. The maximum Gasteiger partial charge on any atom is 0.123 e. The van der Waals surface area contributed by atoms with Gasteiger partial charge in [0.25, 0.3) is 0 Å². The van der Waals surface area contributed by atoms with Gasteiger partial charge in [-0.25, -0.2) is 4.39 Å². The Bertz CT molecular complexity index is 377. The molecular formula is C14H22FN3. The first kappa shape index (κ1) is 13.5. The third kappa shape index (κ3) is 3.51. The van der Waals surface area contributed by atoms with Crippen molar-refractivity contribution in [2.45, 2.75) is 25.4 Å². The van der Waals surface area contributed by atoms with Crippen molar-refractivity contribution >= 4 is 0 Å². The lowest BCUT2D eigenvalue weighted by Crippen LogP contribution is -2.48. The van der Waals surface area contributed by atoms with Crippen molar-refractivity contribution in [3.05, 3.63) is 35.6 Å². The number of hydrogen-bond acceptors (Lipinski definition) is 3. The van der Waals surface area contributed by atoms with Crippen molar-refractivity contribution in [2.24, 2.45) is 5.73 Å². The second-order valence-corrected chi connectivity index (χ2v) is 5.03. The third-order valence-electron chi connectivity index (χ3n) is 3.65. The van der Waals surface area contributed by atoms with Gasteiger partial charge in [-0.2, -0.15) is 0 Å². The molecule has 3 N–H and O–H groups in total. The summed E-state index contributed by atoms with van der Waals surface area (Å²) in [5.41, 5.74) is 7.05. The highest BCUT2D eigenvalue weighted by atomic mass is 19.1. The van der Waals surface area contributed by atoms with Crippen LogP contribution in [0.15, 0.2) is 24.3 Å². The van der Waals surface area contributed by atoms with Crippen LogP contribution in [0.3, 0.4) is 0 Å². The monoisotopic (exact) mass is 251 g/mol. The van der Waals surface area contributed by atoms with Crippen LogP contribution in [0.5, 0.6) is 0 Å². The van der Waals surface area contributed by atoms with E-state index in [1.165, 1.54) is 12.1 Å². The van der Waals surface area contributed by atoms with Gasteiger partial charge in [0.1, 0.15) is 5.82 Å². The fourth-order valence-electron chi connectivity index (χ4n) is 2.51. The van der Waals surface area contributed by atoms with Crippen LogP contribution in [0.25, 0.3) is 0 Å². The second kappa shape index (κ2) is 6.27. The molecule has 0 amide bonds. The Balaban J connectivity index is 1.91. The van der Waals surface area contributed by atoms with Gasteiger partial charge in [0.2, 0.25) is 0 Å². The van der Waals surface area contributed by atoms with E-state index >= 15 is 0 Å². The van der Waals surface area contributed by atoms with Gasteiger partial charge >= 0.3 is 0 Å². The largest absolute Gasteiger partial charge is 0.324 e. The van der Waals surface area contributed by atoms with E-state index < -0.39 is 0 Å². The van der Waals surface area contributed by atoms with E-state index in [-0.39, 0.29) is 11.9 Å². The Morgan fingerprint density at radius 2 is 2.11 bits per heavy atom. The molecule has 1 fully saturated rings. The Morgan fingerprint density at radius 3 is 2.78 bits per heavy atom. The van der Waals surface area contributed by atoms with Crippen LogP contribution >= 0.6 is 0 Å². The first-order chi connectivity index (χ1) is 8.66. The SMILES string of the molecule is CC(CC(N)c1cccc(F)c1)N1CCNCC1. The molecule has 0 aromatic heterocycles. The first-order valence-electron chi connectivity index (χ1n) is 6.62. The van der Waals surface area contributed by atoms with Gasteiger partial charge in [-0.3, -0.25) is 4.90 Å². The van der Waals surface area contributed by atoms with E-state index in [1.54, 1.807) is 6.07 Å². The van der Waals surface area contributed by atoms with Gasteiger partial charge in [-0.1, -0.05) is 12.1 Å².